The second-order valence-corrected chi connectivity index (χ2v) is 9.22. The van der Waals surface area contributed by atoms with E-state index in [1.807, 2.05) is 72.2 Å². The number of nitrogens with zero attached hydrogens (tertiary/aromatic N) is 3. The summed E-state index contributed by atoms with van der Waals surface area (Å²) >= 11 is 7.93. The molecule has 0 bridgehead atoms. The first-order valence-corrected chi connectivity index (χ1v) is 12.3. The third-order valence-corrected chi connectivity index (χ3v) is 6.59. The van der Waals surface area contributed by atoms with Gasteiger partial charge in [0.25, 0.3) is 0 Å². The molecular formula is C27H25ClN4OS. The molecule has 172 valence electrons. The normalized spacial score (nSPS) is 11.1. The summed E-state index contributed by atoms with van der Waals surface area (Å²) in [5.41, 5.74) is 5.38. The summed E-state index contributed by atoms with van der Waals surface area (Å²) < 4.78 is 1.98. The highest BCUT2D eigenvalue weighted by atomic mass is 35.5. The summed E-state index contributed by atoms with van der Waals surface area (Å²) in [4.78, 5) is 12.4. The monoisotopic (exact) mass is 488 g/mol. The van der Waals surface area contributed by atoms with E-state index < -0.39 is 0 Å². The lowest BCUT2D eigenvalue weighted by atomic mass is 10.1. The van der Waals surface area contributed by atoms with Gasteiger partial charge in [-0.25, -0.2) is 0 Å². The van der Waals surface area contributed by atoms with Crippen molar-refractivity contribution in [2.45, 2.75) is 31.3 Å². The quantitative estimate of drug-likeness (QED) is 0.238. The van der Waals surface area contributed by atoms with Crippen LogP contribution in [-0.2, 0) is 17.1 Å². The van der Waals surface area contributed by atoms with E-state index >= 15 is 0 Å². The molecule has 0 aliphatic heterocycles. The first kappa shape index (κ1) is 23.8. The van der Waals surface area contributed by atoms with Crippen LogP contribution in [0.15, 0.2) is 84.0 Å². The Hall–Kier alpha value is -3.35. The number of carbonyl (C=O) groups is 1. The number of aromatic nitrogens is 3. The Morgan fingerprint density at radius 1 is 1.00 bits per heavy atom. The van der Waals surface area contributed by atoms with Crippen molar-refractivity contribution >= 4 is 35.3 Å². The fourth-order valence-corrected chi connectivity index (χ4v) is 4.66. The number of benzene rings is 3. The zero-order valence-corrected chi connectivity index (χ0v) is 20.6. The number of hydrogen-bond donors (Lipinski definition) is 1. The number of carbonyl (C=O) groups excluding carboxylic acids is 1. The predicted molar refractivity (Wildman–Crippen MR) is 139 cm³/mol. The van der Waals surface area contributed by atoms with Crippen LogP contribution in [0.2, 0.25) is 5.02 Å². The first-order valence-electron chi connectivity index (χ1n) is 10.9. The predicted octanol–water partition coefficient (Wildman–Crippen LogP) is 6.16. The van der Waals surface area contributed by atoms with Gasteiger partial charge in [-0.3, -0.25) is 9.36 Å². The van der Waals surface area contributed by atoms with Crippen molar-refractivity contribution in [3.63, 3.8) is 0 Å². The molecule has 4 rings (SSSR count). The van der Waals surface area contributed by atoms with Gasteiger partial charge in [0.2, 0.25) is 5.91 Å². The summed E-state index contributed by atoms with van der Waals surface area (Å²) in [5, 5.41) is 13.1. The van der Waals surface area contributed by atoms with E-state index in [9.17, 15) is 4.79 Å². The van der Waals surface area contributed by atoms with Gasteiger partial charge in [0.1, 0.15) is 0 Å². The Bertz CT molecular complexity index is 1320. The molecule has 1 N–H and O–H groups in total. The summed E-state index contributed by atoms with van der Waals surface area (Å²) in [5.74, 6) is 1.20. The highest BCUT2D eigenvalue weighted by molar-refractivity contribution is 7.98. The van der Waals surface area contributed by atoms with Gasteiger partial charge in [0.15, 0.2) is 11.0 Å². The minimum absolute atomic E-state index is 0.199. The molecule has 1 aromatic heterocycles. The second-order valence-electron chi connectivity index (χ2n) is 7.84. The number of halogens is 1. The van der Waals surface area contributed by atoms with Gasteiger partial charge in [-0.05, 0) is 54.3 Å². The number of nitrogens with one attached hydrogen (secondary N) is 1. The maximum absolute atomic E-state index is 12.4. The molecule has 0 saturated heterocycles. The lowest BCUT2D eigenvalue weighted by molar-refractivity contribution is -0.116. The minimum Gasteiger partial charge on any atom is -0.345 e. The number of thioether (sulfide) groups is 1. The number of amides is 1. The van der Waals surface area contributed by atoms with Crippen LogP contribution >= 0.6 is 23.4 Å². The maximum Gasteiger partial charge on any atom is 0.244 e. The molecule has 0 unspecified atom stereocenters. The summed E-state index contributed by atoms with van der Waals surface area (Å²) in [6.07, 6.45) is 3.30. The maximum atomic E-state index is 12.4. The number of aryl methyl sites for hydroxylation is 2. The standard InChI is InChI=1S/C27H25ClN4OS/c1-19-8-6-7-11-22(19)18-34-27-31-30-25(32(27)24-16-23(28)14-12-20(24)2)17-29-26(33)15-13-21-9-4-3-5-10-21/h3-16H,17-18H2,1-2H3,(H,29,33). The van der Waals surface area contributed by atoms with Crippen molar-refractivity contribution in [1.82, 2.24) is 20.1 Å². The van der Waals surface area contributed by atoms with Crippen molar-refractivity contribution < 1.29 is 4.79 Å². The van der Waals surface area contributed by atoms with E-state index in [2.05, 4.69) is 34.6 Å². The molecule has 3 aromatic carbocycles. The molecule has 4 aromatic rings. The molecule has 0 fully saturated rings. The van der Waals surface area contributed by atoms with Crippen molar-refractivity contribution in [2.24, 2.45) is 0 Å². The van der Waals surface area contributed by atoms with E-state index in [0.717, 1.165) is 27.7 Å². The Morgan fingerprint density at radius 2 is 1.76 bits per heavy atom. The third-order valence-electron chi connectivity index (χ3n) is 5.38. The van der Waals surface area contributed by atoms with Crippen molar-refractivity contribution in [1.29, 1.82) is 0 Å². The molecule has 34 heavy (non-hydrogen) atoms. The highest BCUT2D eigenvalue weighted by Crippen LogP contribution is 2.29. The first-order chi connectivity index (χ1) is 16.5. The molecule has 5 nitrogen and oxygen atoms in total. The molecule has 0 atom stereocenters. The smallest absolute Gasteiger partial charge is 0.244 e. The molecular weight excluding hydrogens is 464 g/mol. The highest BCUT2D eigenvalue weighted by Gasteiger charge is 2.17. The zero-order valence-electron chi connectivity index (χ0n) is 19.0. The van der Waals surface area contributed by atoms with Crippen LogP contribution in [0.25, 0.3) is 11.8 Å². The van der Waals surface area contributed by atoms with Crippen LogP contribution in [0.3, 0.4) is 0 Å². The van der Waals surface area contributed by atoms with Crippen molar-refractivity contribution in [2.75, 3.05) is 0 Å². The van der Waals surface area contributed by atoms with Crippen molar-refractivity contribution in [3.8, 4) is 5.69 Å². The van der Waals surface area contributed by atoms with Gasteiger partial charge in [-0.2, -0.15) is 0 Å². The molecule has 1 amide bonds. The lowest BCUT2D eigenvalue weighted by Crippen LogP contribution is -2.22. The fourth-order valence-electron chi connectivity index (χ4n) is 3.45. The van der Waals surface area contributed by atoms with Crippen LogP contribution in [0.1, 0.15) is 28.1 Å². The van der Waals surface area contributed by atoms with E-state index in [-0.39, 0.29) is 12.5 Å². The van der Waals surface area contributed by atoms with E-state index in [0.29, 0.717) is 10.8 Å². The van der Waals surface area contributed by atoms with E-state index in [4.69, 9.17) is 11.6 Å². The molecule has 0 spiro atoms. The number of rotatable bonds is 8. The molecule has 0 radical (unpaired) electrons. The van der Waals surface area contributed by atoms with E-state index in [1.165, 1.54) is 17.2 Å². The minimum atomic E-state index is -0.199. The van der Waals surface area contributed by atoms with Gasteiger partial charge in [-0.1, -0.05) is 84.0 Å². The van der Waals surface area contributed by atoms with Gasteiger partial charge in [-0.15, -0.1) is 10.2 Å². The Morgan fingerprint density at radius 3 is 2.56 bits per heavy atom. The summed E-state index contributed by atoms with van der Waals surface area (Å²) in [7, 11) is 0. The average molecular weight is 489 g/mol. The molecule has 7 heteroatoms. The van der Waals surface area contributed by atoms with Gasteiger partial charge in [0.05, 0.1) is 12.2 Å². The van der Waals surface area contributed by atoms with Crippen LogP contribution in [0.4, 0.5) is 0 Å². The Balaban J connectivity index is 1.56. The summed E-state index contributed by atoms with van der Waals surface area (Å²) in [6, 6.07) is 23.7. The van der Waals surface area contributed by atoms with Crippen LogP contribution in [0.5, 0.6) is 0 Å². The van der Waals surface area contributed by atoms with Crippen molar-refractivity contribution in [3.05, 3.63) is 112 Å². The fraction of sp³-hybridized carbons (Fsp3) is 0.148. The van der Waals surface area contributed by atoms with E-state index in [1.54, 1.807) is 17.8 Å². The molecule has 0 aliphatic carbocycles. The Labute approximate surface area is 208 Å². The largest absolute Gasteiger partial charge is 0.345 e. The molecule has 0 aliphatic rings. The molecule has 0 saturated carbocycles. The second kappa shape index (κ2) is 11.2. The van der Waals surface area contributed by atoms with Crippen LogP contribution < -0.4 is 5.32 Å². The lowest BCUT2D eigenvalue weighted by Gasteiger charge is -2.14. The summed E-state index contributed by atoms with van der Waals surface area (Å²) in [6.45, 7) is 4.36. The Kier molecular flexibility index (Phi) is 7.83. The van der Waals surface area contributed by atoms with Gasteiger partial charge < -0.3 is 5.32 Å². The van der Waals surface area contributed by atoms with Crippen LogP contribution in [-0.4, -0.2) is 20.7 Å². The van der Waals surface area contributed by atoms with Gasteiger partial charge in [0, 0.05) is 16.9 Å². The average Bonchev–Trinajstić information content (AvgIpc) is 3.25. The SMILES string of the molecule is Cc1ccccc1CSc1nnc(CNC(=O)C=Cc2ccccc2)n1-c1cc(Cl)ccc1C. The molecule has 1 heterocycles. The number of hydrogen-bond acceptors (Lipinski definition) is 4. The topological polar surface area (TPSA) is 59.8 Å². The van der Waals surface area contributed by atoms with Crippen LogP contribution in [0, 0.1) is 13.8 Å². The third kappa shape index (κ3) is 5.95. The van der Waals surface area contributed by atoms with Gasteiger partial charge >= 0.3 is 0 Å². The zero-order chi connectivity index (χ0) is 23.9.